The first-order valence-corrected chi connectivity index (χ1v) is 5.00. The van der Waals surface area contributed by atoms with Gasteiger partial charge < -0.3 is 4.90 Å². The highest BCUT2D eigenvalue weighted by Gasteiger charge is 2.33. The summed E-state index contributed by atoms with van der Waals surface area (Å²) in [6.07, 6.45) is 0. The number of carbonyl (C=O) groups excluding carboxylic acids is 1. The molecular weight excluding hydrogens is 241 g/mol. The van der Waals surface area contributed by atoms with Gasteiger partial charge in [0.15, 0.2) is 0 Å². The average molecular weight is 253 g/mol. The number of likely N-dealkylation sites (tertiary alicyclic amines) is 1. The number of carbonyl (C=O) groups is 1. The first-order valence-electron chi connectivity index (χ1n) is 3.47. The number of alkyl halides is 1. The maximum absolute atomic E-state index is 11.2. The topological polar surface area (TPSA) is 20.3 Å². The van der Waals surface area contributed by atoms with Gasteiger partial charge in [0.25, 0.3) is 0 Å². The second kappa shape index (κ2) is 3.07. The van der Waals surface area contributed by atoms with Gasteiger partial charge in [0.05, 0.1) is 0 Å². The molecule has 3 heteroatoms. The maximum atomic E-state index is 11.2. The number of rotatable bonds is 1. The molecule has 0 radical (unpaired) electrons. The van der Waals surface area contributed by atoms with Crippen LogP contribution in [0.1, 0.15) is 6.92 Å². The van der Waals surface area contributed by atoms with Crippen molar-refractivity contribution in [2.24, 2.45) is 11.8 Å². The highest BCUT2D eigenvalue weighted by Crippen LogP contribution is 2.24. The van der Waals surface area contributed by atoms with Gasteiger partial charge in [0.2, 0.25) is 5.91 Å². The molecule has 0 aromatic rings. The van der Waals surface area contributed by atoms with E-state index in [2.05, 4.69) is 22.6 Å². The van der Waals surface area contributed by atoms with E-state index in [1.165, 1.54) is 0 Å². The zero-order valence-corrected chi connectivity index (χ0v) is 8.46. The predicted octanol–water partition coefficient (Wildman–Crippen LogP) is 1.15. The minimum Gasteiger partial charge on any atom is -0.345 e. The van der Waals surface area contributed by atoms with E-state index in [1.54, 1.807) is 0 Å². The summed E-state index contributed by atoms with van der Waals surface area (Å²) in [7, 11) is 1.88. The minimum atomic E-state index is 0.252. The monoisotopic (exact) mass is 253 g/mol. The van der Waals surface area contributed by atoms with Crippen molar-refractivity contribution < 1.29 is 4.79 Å². The molecule has 1 aliphatic heterocycles. The third kappa shape index (κ3) is 1.28. The molecule has 1 saturated heterocycles. The van der Waals surface area contributed by atoms with E-state index < -0.39 is 0 Å². The fourth-order valence-corrected chi connectivity index (χ4v) is 2.37. The first kappa shape index (κ1) is 8.30. The summed E-state index contributed by atoms with van der Waals surface area (Å²) in [6.45, 7) is 2.97. The zero-order chi connectivity index (χ0) is 7.72. The van der Waals surface area contributed by atoms with Gasteiger partial charge in [-0.05, 0) is 5.92 Å². The van der Waals surface area contributed by atoms with Gasteiger partial charge >= 0.3 is 0 Å². The normalized spacial score (nSPS) is 33.5. The lowest BCUT2D eigenvalue weighted by Crippen LogP contribution is -2.21. The van der Waals surface area contributed by atoms with E-state index in [4.69, 9.17) is 0 Å². The van der Waals surface area contributed by atoms with Crippen molar-refractivity contribution in [3.8, 4) is 0 Å². The van der Waals surface area contributed by atoms with Crippen molar-refractivity contribution >= 4 is 28.5 Å². The number of amides is 1. The molecule has 0 aliphatic carbocycles. The second-order valence-corrected chi connectivity index (χ2v) is 3.80. The summed E-state index contributed by atoms with van der Waals surface area (Å²) < 4.78 is 1.09. The van der Waals surface area contributed by atoms with E-state index in [0.29, 0.717) is 11.8 Å². The molecule has 1 fully saturated rings. The smallest absolute Gasteiger partial charge is 0.225 e. The minimum absolute atomic E-state index is 0.252. The van der Waals surface area contributed by atoms with Gasteiger partial charge in [-0.1, -0.05) is 29.5 Å². The fraction of sp³-hybridized carbons (Fsp3) is 0.857. The van der Waals surface area contributed by atoms with Crippen LogP contribution in [0.25, 0.3) is 0 Å². The Kier molecular flexibility index (Phi) is 2.55. The molecule has 0 saturated carbocycles. The van der Waals surface area contributed by atoms with E-state index >= 15 is 0 Å². The molecule has 0 aromatic carbocycles. The Bertz CT molecular complexity index is 149. The van der Waals surface area contributed by atoms with Gasteiger partial charge in [-0.25, -0.2) is 0 Å². The number of hydrogen-bond donors (Lipinski definition) is 0. The van der Waals surface area contributed by atoms with Gasteiger partial charge in [-0.15, -0.1) is 0 Å². The van der Waals surface area contributed by atoms with Gasteiger partial charge in [0, 0.05) is 23.9 Å². The molecule has 0 aromatic heterocycles. The molecular formula is C7H12INO. The second-order valence-electron chi connectivity index (χ2n) is 2.92. The van der Waals surface area contributed by atoms with E-state index in [0.717, 1.165) is 11.0 Å². The molecule has 1 aliphatic rings. The van der Waals surface area contributed by atoms with Gasteiger partial charge in [-0.2, -0.15) is 0 Å². The van der Waals surface area contributed by atoms with E-state index in [1.807, 2.05) is 18.9 Å². The Morgan fingerprint density at radius 3 is 2.60 bits per heavy atom. The Morgan fingerprint density at radius 1 is 1.80 bits per heavy atom. The number of nitrogens with zero attached hydrogens (tertiary/aromatic N) is 1. The predicted molar refractivity (Wildman–Crippen MR) is 49.2 cm³/mol. The Balaban J connectivity index is 2.61. The van der Waals surface area contributed by atoms with Gasteiger partial charge in [0.1, 0.15) is 0 Å². The van der Waals surface area contributed by atoms with E-state index in [-0.39, 0.29) is 5.92 Å². The lowest BCUT2D eigenvalue weighted by molar-refractivity contribution is -0.129. The van der Waals surface area contributed by atoms with Crippen LogP contribution in [0, 0.1) is 11.8 Å². The maximum Gasteiger partial charge on any atom is 0.225 e. The Morgan fingerprint density at radius 2 is 2.40 bits per heavy atom. The summed E-state index contributed by atoms with van der Waals surface area (Å²) >= 11 is 2.35. The molecule has 10 heavy (non-hydrogen) atoms. The van der Waals surface area contributed by atoms with Crippen molar-refractivity contribution in [2.75, 3.05) is 18.0 Å². The summed E-state index contributed by atoms with van der Waals surface area (Å²) in [5.41, 5.74) is 0. The van der Waals surface area contributed by atoms with Crippen LogP contribution < -0.4 is 0 Å². The van der Waals surface area contributed by atoms with Crippen molar-refractivity contribution in [1.82, 2.24) is 4.90 Å². The van der Waals surface area contributed by atoms with Crippen molar-refractivity contribution in [2.45, 2.75) is 6.92 Å². The van der Waals surface area contributed by atoms with Crippen LogP contribution in [-0.2, 0) is 4.79 Å². The highest BCUT2D eigenvalue weighted by molar-refractivity contribution is 14.1. The molecule has 2 atom stereocenters. The molecule has 2 unspecified atom stereocenters. The molecule has 2 nitrogen and oxygen atoms in total. The summed E-state index contributed by atoms with van der Waals surface area (Å²) in [5.74, 6) is 1.14. The van der Waals surface area contributed by atoms with Crippen LogP contribution >= 0.6 is 22.6 Å². The third-order valence-corrected chi connectivity index (χ3v) is 3.31. The third-order valence-electron chi connectivity index (χ3n) is 2.18. The first-order chi connectivity index (χ1) is 4.66. The molecule has 1 rings (SSSR count). The van der Waals surface area contributed by atoms with Crippen LogP contribution in [0.15, 0.2) is 0 Å². The Labute approximate surface area is 75.1 Å². The van der Waals surface area contributed by atoms with Gasteiger partial charge in [-0.3, -0.25) is 4.79 Å². The van der Waals surface area contributed by atoms with E-state index in [9.17, 15) is 4.79 Å². The summed E-state index contributed by atoms with van der Waals surface area (Å²) in [6, 6.07) is 0. The van der Waals surface area contributed by atoms with Crippen LogP contribution in [0.2, 0.25) is 0 Å². The summed E-state index contributed by atoms with van der Waals surface area (Å²) in [4.78, 5) is 13.0. The quantitative estimate of drug-likeness (QED) is 0.507. The average Bonchev–Trinajstić information content (AvgIpc) is 2.17. The molecule has 58 valence electrons. The van der Waals surface area contributed by atoms with Crippen molar-refractivity contribution in [1.29, 1.82) is 0 Å². The van der Waals surface area contributed by atoms with Crippen molar-refractivity contribution in [3.05, 3.63) is 0 Å². The molecule has 0 spiro atoms. The molecule has 0 N–H and O–H groups in total. The highest BCUT2D eigenvalue weighted by atomic mass is 127. The SMILES string of the molecule is CC1C(=O)N(C)CC1CI. The lowest BCUT2D eigenvalue weighted by atomic mass is 10.0. The standard InChI is InChI=1S/C7H12INO/c1-5-6(3-8)4-9(2)7(5)10/h5-6H,3-4H2,1-2H3. The summed E-state index contributed by atoms with van der Waals surface area (Å²) in [5, 5.41) is 0. The molecule has 1 heterocycles. The Hall–Kier alpha value is 0.200. The van der Waals surface area contributed by atoms with Crippen LogP contribution in [0.3, 0.4) is 0 Å². The molecule has 0 bridgehead atoms. The zero-order valence-electron chi connectivity index (χ0n) is 6.30. The van der Waals surface area contributed by atoms with Crippen LogP contribution in [0.5, 0.6) is 0 Å². The van der Waals surface area contributed by atoms with Crippen molar-refractivity contribution in [3.63, 3.8) is 0 Å². The number of hydrogen-bond acceptors (Lipinski definition) is 1. The van der Waals surface area contributed by atoms with Crippen LogP contribution in [0.4, 0.5) is 0 Å². The molecule has 1 amide bonds. The number of halogens is 1. The fourth-order valence-electron chi connectivity index (χ4n) is 1.33. The van der Waals surface area contributed by atoms with Crippen LogP contribution in [-0.4, -0.2) is 28.8 Å². The largest absolute Gasteiger partial charge is 0.345 e. The lowest BCUT2D eigenvalue weighted by Gasteiger charge is -2.06.